The van der Waals surface area contributed by atoms with Gasteiger partial charge in [-0.05, 0) is 31.9 Å². The van der Waals surface area contributed by atoms with E-state index in [1.807, 2.05) is 39.0 Å². The normalized spacial score (nSPS) is 11.3. The lowest BCUT2D eigenvalue weighted by atomic mass is 9.93. The lowest BCUT2D eigenvalue weighted by Gasteiger charge is -2.30. The van der Waals surface area contributed by atoms with E-state index in [0.717, 1.165) is 18.4 Å². The van der Waals surface area contributed by atoms with Crippen molar-refractivity contribution in [1.29, 1.82) is 0 Å². The number of benzene rings is 1. The van der Waals surface area contributed by atoms with Crippen molar-refractivity contribution < 1.29 is 9.90 Å². The van der Waals surface area contributed by atoms with Gasteiger partial charge in [-0.1, -0.05) is 31.5 Å². The SMILES string of the molecule is CCC(CC)(CO)NC(=O)c1cccc(C)c1. The van der Waals surface area contributed by atoms with E-state index in [1.165, 1.54) is 0 Å². The number of aryl methyl sites for hydroxylation is 1. The monoisotopic (exact) mass is 235 g/mol. The summed E-state index contributed by atoms with van der Waals surface area (Å²) < 4.78 is 0. The highest BCUT2D eigenvalue weighted by atomic mass is 16.3. The van der Waals surface area contributed by atoms with Gasteiger partial charge in [-0.15, -0.1) is 0 Å². The molecule has 2 N–H and O–H groups in total. The van der Waals surface area contributed by atoms with Crippen LogP contribution >= 0.6 is 0 Å². The van der Waals surface area contributed by atoms with E-state index in [-0.39, 0.29) is 12.5 Å². The topological polar surface area (TPSA) is 49.3 Å². The molecule has 0 radical (unpaired) electrons. The summed E-state index contributed by atoms with van der Waals surface area (Å²) in [6.07, 6.45) is 1.44. The van der Waals surface area contributed by atoms with Crippen LogP contribution in [0, 0.1) is 6.92 Å². The number of rotatable bonds is 5. The van der Waals surface area contributed by atoms with Gasteiger partial charge in [0.05, 0.1) is 12.1 Å². The van der Waals surface area contributed by atoms with E-state index in [0.29, 0.717) is 5.56 Å². The van der Waals surface area contributed by atoms with Gasteiger partial charge >= 0.3 is 0 Å². The van der Waals surface area contributed by atoms with Gasteiger partial charge in [0, 0.05) is 5.56 Å². The van der Waals surface area contributed by atoms with Crippen LogP contribution in [0.4, 0.5) is 0 Å². The number of aliphatic hydroxyl groups is 1. The van der Waals surface area contributed by atoms with Gasteiger partial charge in [0.15, 0.2) is 0 Å². The average molecular weight is 235 g/mol. The molecule has 0 aromatic heterocycles. The van der Waals surface area contributed by atoms with Gasteiger partial charge in [-0.25, -0.2) is 0 Å². The van der Waals surface area contributed by atoms with E-state index in [2.05, 4.69) is 5.32 Å². The molecule has 1 rings (SSSR count). The first-order valence-corrected chi connectivity index (χ1v) is 6.07. The van der Waals surface area contributed by atoms with Crippen LogP contribution in [0.1, 0.15) is 42.6 Å². The zero-order valence-electron chi connectivity index (χ0n) is 10.8. The van der Waals surface area contributed by atoms with Gasteiger partial charge in [-0.3, -0.25) is 4.79 Å². The summed E-state index contributed by atoms with van der Waals surface area (Å²) in [4.78, 5) is 12.1. The Morgan fingerprint density at radius 2 is 2.00 bits per heavy atom. The highest BCUT2D eigenvalue weighted by Crippen LogP contribution is 2.15. The van der Waals surface area contributed by atoms with Crippen LogP contribution in [-0.4, -0.2) is 23.2 Å². The van der Waals surface area contributed by atoms with Gasteiger partial charge in [0.25, 0.3) is 5.91 Å². The van der Waals surface area contributed by atoms with Crippen molar-refractivity contribution in [3.8, 4) is 0 Å². The third kappa shape index (κ3) is 3.30. The van der Waals surface area contributed by atoms with Gasteiger partial charge in [0.2, 0.25) is 0 Å². The van der Waals surface area contributed by atoms with Crippen LogP contribution in [0.2, 0.25) is 0 Å². The van der Waals surface area contributed by atoms with Crippen molar-refractivity contribution >= 4 is 5.91 Å². The Kier molecular flexibility index (Phi) is 4.70. The molecule has 0 spiro atoms. The Labute approximate surface area is 103 Å². The second kappa shape index (κ2) is 5.82. The van der Waals surface area contributed by atoms with E-state index in [9.17, 15) is 9.90 Å². The maximum absolute atomic E-state index is 12.1. The minimum atomic E-state index is -0.499. The second-order valence-corrected chi connectivity index (χ2v) is 4.47. The molecule has 0 heterocycles. The standard InChI is InChI=1S/C14H21NO2/c1-4-14(5-2,10-16)15-13(17)12-8-6-7-11(3)9-12/h6-9,16H,4-5,10H2,1-3H3,(H,15,17). The summed E-state index contributed by atoms with van der Waals surface area (Å²) in [5, 5.41) is 12.3. The molecule has 94 valence electrons. The van der Waals surface area contributed by atoms with Crippen molar-refractivity contribution in [2.75, 3.05) is 6.61 Å². The summed E-state index contributed by atoms with van der Waals surface area (Å²) in [6.45, 7) is 5.86. The molecule has 3 heteroatoms. The number of carbonyl (C=O) groups is 1. The third-order valence-corrected chi connectivity index (χ3v) is 3.32. The van der Waals surface area contributed by atoms with E-state index >= 15 is 0 Å². The molecule has 0 saturated carbocycles. The summed E-state index contributed by atoms with van der Waals surface area (Å²) in [6, 6.07) is 7.46. The van der Waals surface area contributed by atoms with Gasteiger partial charge in [0.1, 0.15) is 0 Å². The highest BCUT2D eigenvalue weighted by Gasteiger charge is 2.27. The number of amides is 1. The first-order chi connectivity index (χ1) is 8.06. The Hall–Kier alpha value is -1.35. The zero-order chi connectivity index (χ0) is 12.9. The number of hydrogen-bond acceptors (Lipinski definition) is 2. The van der Waals surface area contributed by atoms with Crippen molar-refractivity contribution in [3.05, 3.63) is 35.4 Å². The van der Waals surface area contributed by atoms with Gasteiger partial charge in [-0.2, -0.15) is 0 Å². The molecule has 0 saturated heterocycles. The Morgan fingerprint density at radius 3 is 2.47 bits per heavy atom. The third-order valence-electron chi connectivity index (χ3n) is 3.32. The average Bonchev–Trinajstić information content (AvgIpc) is 2.36. The zero-order valence-corrected chi connectivity index (χ0v) is 10.8. The Bertz CT molecular complexity index is 375. The molecule has 0 aliphatic carbocycles. The van der Waals surface area contributed by atoms with Crippen molar-refractivity contribution in [2.24, 2.45) is 0 Å². The Balaban J connectivity index is 2.84. The first-order valence-electron chi connectivity index (χ1n) is 6.07. The molecule has 0 bridgehead atoms. The smallest absolute Gasteiger partial charge is 0.251 e. The number of aliphatic hydroxyl groups excluding tert-OH is 1. The molecule has 17 heavy (non-hydrogen) atoms. The number of nitrogens with one attached hydrogen (secondary N) is 1. The van der Waals surface area contributed by atoms with Crippen molar-refractivity contribution in [1.82, 2.24) is 5.32 Å². The summed E-state index contributed by atoms with van der Waals surface area (Å²) in [5.41, 5.74) is 1.20. The van der Waals surface area contributed by atoms with Crippen LogP contribution in [0.5, 0.6) is 0 Å². The molecule has 0 aliphatic rings. The number of carbonyl (C=O) groups excluding carboxylic acids is 1. The first kappa shape index (κ1) is 13.7. The lowest BCUT2D eigenvalue weighted by Crippen LogP contribution is -2.50. The molecule has 0 unspecified atom stereocenters. The van der Waals surface area contributed by atoms with Crippen molar-refractivity contribution in [3.63, 3.8) is 0 Å². The molecule has 3 nitrogen and oxygen atoms in total. The van der Waals surface area contributed by atoms with Crippen LogP contribution in [-0.2, 0) is 0 Å². The predicted octanol–water partition coefficient (Wildman–Crippen LogP) is 2.28. The molecule has 1 amide bonds. The molecule has 1 aromatic carbocycles. The van der Waals surface area contributed by atoms with E-state index < -0.39 is 5.54 Å². The molecule has 0 fully saturated rings. The fourth-order valence-corrected chi connectivity index (χ4v) is 1.79. The summed E-state index contributed by atoms with van der Waals surface area (Å²) in [5.74, 6) is -0.119. The molecule has 1 aromatic rings. The minimum absolute atomic E-state index is 0.0302. The molecule has 0 atom stereocenters. The summed E-state index contributed by atoms with van der Waals surface area (Å²) in [7, 11) is 0. The van der Waals surface area contributed by atoms with Gasteiger partial charge < -0.3 is 10.4 Å². The lowest BCUT2D eigenvalue weighted by molar-refractivity contribution is 0.0818. The predicted molar refractivity (Wildman–Crippen MR) is 69.0 cm³/mol. The largest absolute Gasteiger partial charge is 0.394 e. The minimum Gasteiger partial charge on any atom is -0.394 e. The fourth-order valence-electron chi connectivity index (χ4n) is 1.79. The summed E-state index contributed by atoms with van der Waals surface area (Å²) >= 11 is 0. The quantitative estimate of drug-likeness (QED) is 0.822. The molecular formula is C14H21NO2. The second-order valence-electron chi connectivity index (χ2n) is 4.47. The van der Waals surface area contributed by atoms with E-state index in [4.69, 9.17) is 0 Å². The van der Waals surface area contributed by atoms with Crippen LogP contribution in [0.25, 0.3) is 0 Å². The van der Waals surface area contributed by atoms with E-state index in [1.54, 1.807) is 6.07 Å². The number of hydrogen-bond donors (Lipinski definition) is 2. The maximum Gasteiger partial charge on any atom is 0.251 e. The Morgan fingerprint density at radius 1 is 1.35 bits per heavy atom. The van der Waals surface area contributed by atoms with Crippen LogP contribution in [0.3, 0.4) is 0 Å². The molecular weight excluding hydrogens is 214 g/mol. The highest BCUT2D eigenvalue weighted by molar-refractivity contribution is 5.94. The van der Waals surface area contributed by atoms with Crippen LogP contribution in [0.15, 0.2) is 24.3 Å². The fraction of sp³-hybridized carbons (Fsp3) is 0.500. The van der Waals surface area contributed by atoms with Crippen molar-refractivity contribution in [2.45, 2.75) is 39.2 Å². The van der Waals surface area contributed by atoms with Crippen LogP contribution < -0.4 is 5.32 Å². The maximum atomic E-state index is 12.1. The molecule has 0 aliphatic heterocycles.